The van der Waals surface area contributed by atoms with Crippen molar-refractivity contribution in [3.63, 3.8) is 0 Å². The second-order valence-electron chi connectivity index (χ2n) is 5.27. The normalized spacial score (nSPS) is 17.2. The third kappa shape index (κ3) is 2.86. The van der Waals surface area contributed by atoms with E-state index in [9.17, 15) is 0 Å². The van der Waals surface area contributed by atoms with Crippen molar-refractivity contribution in [3.8, 4) is 10.6 Å². The molecule has 2 N–H and O–H groups in total. The molecule has 1 fully saturated rings. The van der Waals surface area contributed by atoms with Gasteiger partial charge in [0.05, 0.1) is 5.69 Å². The minimum absolute atomic E-state index is 0.0219. The van der Waals surface area contributed by atoms with Crippen LogP contribution in [0.5, 0.6) is 0 Å². The molecule has 100 valence electrons. The van der Waals surface area contributed by atoms with E-state index in [-0.39, 0.29) is 5.54 Å². The van der Waals surface area contributed by atoms with Crippen LogP contribution in [0.1, 0.15) is 25.0 Å². The molecule has 0 spiro atoms. The Kier molecular flexibility index (Phi) is 3.65. The molecule has 1 aliphatic carbocycles. The topological polar surface area (TPSA) is 38.9 Å². The summed E-state index contributed by atoms with van der Waals surface area (Å²) < 4.78 is 0. The maximum absolute atomic E-state index is 6.28. The average molecular weight is 290 g/mol. The molecule has 0 saturated heterocycles. The molecule has 1 aromatic heterocycles. The van der Waals surface area contributed by atoms with E-state index in [1.54, 1.807) is 23.1 Å². The average Bonchev–Trinajstić information content (AvgIpc) is 2.85. The molecule has 0 amide bonds. The predicted octanol–water partition coefficient (Wildman–Crippen LogP) is 3.96. The molecular weight excluding hydrogens is 272 g/mol. The number of thioether (sulfide) groups is 1. The number of nitrogens with two attached hydrogens (primary N) is 1. The third-order valence-corrected chi connectivity index (χ3v) is 5.45. The molecule has 1 aliphatic rings. The van der Waals surface area contributed by atoms with Crippen LogP contribution >= 0.6 is 23.1 Å². The first-order chi connectivity index (χ1) is 9.18. The van der Waals surface area contributed by atoms with Crippen molar-refractivity contribution in [1.29, 1.82) is 0 Å². The van der Waals surface area contributed by atoms with E-state index < -0.39 is 0 Å². The van der Waals surface area contributed by atoms with Crippen LogP contribution in [0.15, 0.2) is 34.5 Å². The van der Waals surface area contributed by atoms with Crippen LogP contribution in [-0.4, -0.2) is 16.8 Å². The van der Waals surface area contributed by atoms with E-state index in [2.05, 4.69) is 35.9 Å². The molecule has 0 bridgehead atoms. The molecule has 19 heavy (non-hydrogen) atoms. The molecule has 4 heteroatoms. The fourth-order valence-corrected chi connectivity index (χ4v) is 3.66. The van der Waals surface area contributed by atoms with Gasteiger partial charge in [-0.2, -0.15) is 0 Å². The highest BCUT2D eigenvalue weighted by molar-refractivity contribution is 7.98. The number of aromatic nitrogens is 1. The Balaban J connectivity index is 1.76. The van der Waals surface area contributed by atoms with E-state index >= 15 is 0 Å². The van der Waals surface area contributed by atoms with Gasteiger partial charge in [-0.15, -0.1) is 23.1 Å². The molecule has 2 nitrogen and oxygen atoms in total. The second kappa shape index (κ2) is 5.27. The van der Waals surface area contributed by atoms with E-state index in [1.807, 2.05) is 0 Å². The number of hydrogen-bond donors (Lipinski definition) is 1. The van der Waals surface area contributed by atoms with Crippen molar-refractivity contribution < 1.29 is 0 Å². The summed E-state index contributed by atoms with van der Waals surface area (Å²) >= 11 is 3.48. The molecule has 0 radical (unpaired) electrons. The molecular formula is C15H18N2S2. The van der Waals surface area contributed by atoms with Gasteiger partial charge in [-0.25, -0.2) is 4.98 Å². The van der Waals surface area contributed by atoms with Gasteiger partial charge in [0.2, 0.25) is 0 Å². The van der Waals surface area contributed by atoms with Crippen LogP contribution in [-0.2, 0) is 6.42 Å². The Morgan fingerprint density at radius 3 is 2.63 bits per heavy atom. The molecule has 1 saturated carbocycles. The van der Waals surface area contributed by atoms with Crippen molar-refractivity contribution in [3.05, 3.63) is 35.3 Å². The molecule has 1 heterocycles. The van der Waals surface area contributed by atoms with Crippen molar-refractivity contribution in [2.24, 2.45) is 5.73 Å². The van der Waals surface area contributed by atoms with Gasteiger partial charge in [0.1, 0.15) is 5.01 Å². The predicted molar refractivity (Wildman–Crippen MR) is 83.8 cm³/mol. The molecule has 0 unspecified atom stereocenters. The highest BCUT2D eigenvalue weighted by atomic mass is 32.2. The van der Waals surface area contributed by atoms with Gasteiger partial charge in [-0.1, -0.05) is 12.1 Å². The van der Waals surface area contributed by atoms with Gasteiger partial charge in [-0.05, 0) is 37.7 Å². The SMILES string of the molecule is CSc1ccc(-c2nc(CC3(N)CCC3)cs2)cc1. The first-order valence-corrected chi connectivity index (χ1v) is 8.67. The van der Waals surface area contributed by atoms with Crippen LogP contribution in [0.4, 0.5) is 0 Å². The summed E-state index contributed by atoms with van der Waals surface area (Å²) in [6.45, 7) is 0. The number of thiazole rings is 1. The second-order valence-corrected chi connectivity index (χ2v) is 7.00. The maximum atomic E-state index is 6.28. The Morgan fingerprint density at radius 1 is 1.32 bits per heavy atom. The standard InChI is InChI=1S/C15H18N2S2/c1-18-13-5-3-11(4-6-13)14-17-12(10-19-14)9-15(16)7-2-8-15/h3-6,10H,2,7-9,16H2,1H3. The van der Waals surface area contributed by atoms with E-state index in [0.29, 0.717) is 0 Å². The fraction of sp³-hybridized carbons (Fsp3) is 0.400. The van der Waals surface area contributed by atoms with Gasteiger partial charge in [0.15, 0.2) is 0 Å². The van der Waals surface area contributed by atoms with Crippen molar-refractivity contribution >= 4 is 23.1 Å². The smallest absolute Gasteiger partial charge is 0.123 e. The Bertz CT molecular complexity index is 556. The highest BCUT2D eigenvalue weighted by Crippen LogP contribution is 2.34. The summed E-state index contributed by atoms with van der Waals surface area (Å²) in [5.41, 5.74) is 8.66. The summed E-state index contributed by atoms with van der Waals surface area (Å²) in [7, 11) is 0. The molecule has 3 rings (SSSR count). The molecule has 0 aliphatic heterocycles. The Morgan fingerprint density at radius 2 is 2.05 bits per heavy atom. The summed E-state index contributed by atoms with van der Waals surface area (Å²) in [5.74, 6) is 0. The van der Waals surface area contributed by atoms with E-state index in [1.165, 1.54) is 16.9 Å². The first kappa shape index (κ1) is 13.2. The third-order valence-electron chi connectivity index (χ3n) is 3.77. The van der Waals surface area contributed by atoms with Gasteiger partial charge >= 0.3 is 0 Å². The lowest BCUT2D eigenvalue weighted by atomic mass is 9.75. The fourth-order valence-electron chi connectivity index (χ4n) is 2.42. The lowest BCUT2D eigenvalue weighted by Gasteiger charge is -2.37. The highest BCUT2D eigenvalue weighted by Gasteiger charge is 2.33. The van der Waals surface area contributed by atoms with Crippen LogP contribution in [0, 0.1) is 0 Å². The monoisotopic (exact) mass is 290 g/mol. The number of hydrogen-bond acceptors (Lipinski definition) is 4. The van der Waals surface area contributed by atoms with Crippen molar-refractivity contribution in [2.45, 2.75) is 36.1 Å². The van der Waals surface area contributed by atoms with E-state index in [4.69, 9.17) is 10.7 Å². The van der Waals surface area contributed by atoms with Gasteiger partial charge in [0, 0.05) is 27.8 Å². The summed E-state index contributed by atoms with van der Waals surface area (Å²) in [5, 5.41) is 3.26. The largest absolute Gasteiger partial charge is 0.325 e. The number of nitrogens with zero attached hydrogens (tertiary/aromatic N) is 1. The number of rotatable bonds is 4. The summed E-state index contributed by atoms with van der Waals surface area (Å²) in [4.78, 5) is 6.02. The zero-order valence-electron chi connectivity index (χ0n) is 11.1. The van der Waals surface area contributed by atoms with Gasteiger partial charge < -0.3 is 5.73 Å². The van der Waals surface area contributed by atoms with E-state index in [0.717, 1.165) is 30.0 Å². The Hall–Kier alpha value is -0.840. The lowest BCUT2D eigenvalue weighted by molar-refractivity contribution is 0.246. The van der Waals surface area contributed by atoms with Crippen LogP contribution in [0.3, 0.4) is 0 Å². The van der Waals surface area contributed by atoms with Crippen molar-refractivity contribution in [1.82, 2.24) is 4.98 Å². The van der Waals surface area contributed by atoms with Crippen LogP contribution in [0.2, 0.25) is 0 Å². The molecule has 2 aromatic rings. The van der Waals surface area contributed by atoms with Crippen molar-refractivity contribution in [2.75, 3.05) is 6.26 Å². The number of benzene rings is 1. The van der Waals surface area contributed by atoms with Crippen LogP contribution in [0.25, 0.3) is 10.6 Å². The molecule has 0 atom stereocenters. The maximum Gasteiger partial charge on any atom is 0.123 e. The quantitative estimate of drug-likeness (QED) is 0.866. The molecule has 1 aromatic carbocycles. The minimum Gasteiger partial charge on any atom is -0.325 e. The van der Waals surface area contributed by atoms with Crippen LogP contribution < -0.4 is 5.73 Å². The lowest BCUT2D eigenvalue weighted by Crippen LogP contribution is -2.48. The zero-order chi connectivity index (χ0) is 13.3. The first-order valence-electron chi connectivity index (χ1n) is 6.56. The Labute approximate surface area is 122 Å². The zero-order valence-corrected chi connectivity index (χ0v) is 12.7. The van der Waals surface area contributed by atoms with Gasteiger partial charge in [0.25, 0.3) is 0 Å². The minimum atomic E-state index is 0.0219. The van der Waals surface area contributed by atoms with Gasteiger partial charge in [-0.3, -0.25) is 0 Å². The summed E-state index contributed by atoms with van der Waals surface area (Å²) in [6.07, 6.45) is 6.57. The summed E-state index contributed by atoms with van der Waals surface area (Å²) in [6, 6.07) is 8.60.